The highest BCUT2D eigenvalue weighted by Gasteiger charge is 2.33. The Balaban J connectivity index is 2.96. The third kappa shape index (κ3) is 4.00. The van der Waals surface area contributed by atoms with Crippen LogP contribution in [0.1, 0.15) is 43.4 Å². The van der Waals surface area contributed by atoms with E-state index in [1.807, 2.05) is 6.92 Å². The van der Waals surface area contributed by atoms with E-state index in [2.05, 4.69) is 15.9 Å². The van der Waals surface area contributed by atoms with Gasteiger partial charge in [-0.2, -0.15) is 13.2 Å². The van der Waals surface area contributed by atoms with Crippen molar-refractivity contribution in [2.24, 2.45) is 5.73 Å². The van der Waals surface area contributed by atoms with E-state index in [1.165, 1.54) is 6.07 Å². The van der Waals surface area contributed by atoms with Crippen molar-refractivity contribution < 1.29 is 13.2 Å². The number of halogens is 4. The van der Waals surface area contributed by atoms with Gasteiger partial charge in [0.15, 0.2) is 0 Å². The lowest BCUT2D eigenvalue weighted by molar-refractivity contribution is -0.138. The molecule has 5 heteroatoms. The van der Waals surface area contributed by atoms with Gasteiger partial charge in [0.25, 0.3) is 0 Å². The lowest BCUT2D eigenvalue weighted by atomic mass is 10.00. The van der Waals surface area contributed by atoms with E-state index in [4.69, 9.17) is 5.73 Å². The van der Waals surface area contributed by atoms with Gasteiger partial charge in [0.1, 0.15) is 0 Å². The lowest BCUT2D eigenvalue weighted by Gasteiger charge is -2.15. The molecule has 0 heterocycles. The minimum atomic E-state index is -4.35. The number of nitrogens with two attached hydrogens (primary N) is 1. The van der Waals surface area contributed by atoms with Crippen LogP contribution < -0.4 is 5.73 Å². The van der Waals surface area contributed by atoms with E-state index >= 15 is 0 Å². The van der Waals surface area contributed by atoms with Crippen molar-refractivity contribution in [2.45, 2.75) is 38.4 Å². The molecule has 1 unspecified atom stereocenters. The molecule has 0 aliphatic rings. The van der Waals surface area contributed by atoms with E-state index < -0.39 is 11.7 Å². The van der Waals surface area contributed by atoms with Crippen LogP contribution in [0.25, 0.3) is 0 Å². The normalized spacial score (nSPS) is 13.8. The first-order chi connectivity index (χ1) is 7.86. The fourth-order valence-electron chi connectivity index (χ4n) is 1.58. The van der Waals surface area contributed by atoms with Crippen LogP contribution in [0.15, 0.2) is 22.7 Å². The number of hydrogen-bond donors (Lipinski definition) is 1. The first kappa shape index (κ1) is 14.5. The topological polar surface area (TPSA) is 26.0 Å². The van der Waals surface area contributed by atoms with Crippen LogP contribution in [0.5, 0.6) is 0 Å². The Morgan fingerprint density at radius 2 is 2.00 bits per heavy atom. The van der Waals surface area contributed by atoms with E-state index in [1.54, 1.807) is 6.07 Å². The van der Waals surface area contributed by atoms with Crippen molar-refractivity contribution in [1.82, 2.24) is 0 Å². The van der Waals surface area contributed by atoms with Crippen LogP contribution >= 0.6 is 15.9 Å². The summed E-state index contributed by atoms with van der Waals surface area (Å²) >= 11 is 2.91. The molecule has 0 fully saturated rings. The molecule has 0 radical (unpaired) electrons. The summed E-state index contributed by atoms with van der Waals surface area (Å²) in [7, 11) is 0. The minimum Gasteiger partial charge on any atom is -0.324 e. The Labute approximate surface area is 107 Å². The van der Waals surface area contributed by atoms with E-state index in [0.717, 1.165) is 18.9 Å². The molecule has 0 saturated heterocycles. The molecule has 1 nitrogen and oxygen atoms in total. The third-order valence-corrected chi connectivity index (χ3v) is 3.28. The molecule has 0 saturated carbocycles. The van der Waals surface area contributed by atoms with Gasteiger partial charge in [0.2, 0.25) is 0 Å². The molecule has 0 aliphatic heterocycles. The maximum absolute atomic E-state index is 12.7. The third-order valence-electron chi connectivity index (χ3n) is 2.59. The van der Waals surface area contributed by atoms with Crippen LogP contribution in [-0.2, 0) is 6.18 Å². The molecule has 1 aromatic rings. The highest BCUT2D eigenvalue weighted by atomic mass is 79.9. The molecule has 1 atom stereocenters. The predicted molar refractivity (Wildman–Crippen MR) is 65.6 cm³/mol. The van der Waals surface area contributed by atoms with Gasteiger partial charge >= 0.3 is 6.18 Å². The number of hydrogen-bond acceptors (Lipinski definition) is 1. The van der Waals surface area contributed by atoms with Gasteiger partial charge < -0.3 is 5.73 Å². The van der Waals surface area contributed by atoms with Crippen LogP contribution in [0.3, 0.4) is 0 Å². The molecule has 2 N–H and O–H groups in total. The Morgan fingerprint density at radius 1 is 1.35 bits per heavy atom. The molecular formula is C12H15BrF3N. The average Bonchev–Trinajstić information content (AvgIpc) is 2.25. The van der Waals surface area contributed by atoms with Crippen LogP contribution in [0.2, 0.25) is 0 Å². The van der Waals surface area contributed by atoms with Gasteiger partial charge in [0, 0.05) is 10.5 Å². The molecule has 0 aliphatic carbocycles. The summed E-state index contributed by atoms with van der Waals surface area (Å²) in [6.45, 7) is 2.02. The zero-order valence-corrected chi connectivity index (χ0v) is 11.1. The van der Waals surface area contributed by atoms with Crippen molar-refractivity contribution in [3.63, 3.8) is 0 Å². The molecular weight excluding hydrogens is 295 g/mol. The summed E-state index contributed by atoms with van der Waals surface area (Å²) in [5.74, 6) is 0. The minimum absolute atomic E-state index is 0.0523. The SMILES string of the molecule is CCCCC(N)c1ccc(Br)c(C(F)(F)F)c1. The first-order valence-electron chi connectivity index (χ1n) is 5.48. The zero-order valence-electron chi connectivity index (χ0n) is 9.52. The standard InChI is InChI=1S/C12H15BrF3N/c1-2-3-4-11(17)8-5-6-10(13)9(7-8)12(14,15)16/h5-7,11H,2-4,17H2,1H3. The van der Waals surface area contributed by atoms with Crippen molar-refractivity contribution in [2.75, 3.05) is 0 Å². The quantitative estimate of drug-likeness (QED) is 0.860. The largest absolute Gasteiger partial charge is 0.417 e. The van der Waals surface area contributed by atoms with Crippen molar-refractivity contribution in [1.29, 1.82) is 0 Å². The van der Waals surface area contributed by atoms with Gasteiger partial charge in [-0.25, -0.2) is 0 Å². The molecule has 1 aromatic carbocycles. The van der Waals surface area contributed by atoms with Gasteiger partial charge in [-0.1, -0.05) is 41.8 Å². The second-order valence-electron chi connectivity index (χ2n) is 3.99. The van der Waals surface area contributed by atoms with Crippen LogP contribution in [0, 0.1) is 0 Å². The molecule has 96 valence electrons. The Hall–Kier alpha value is -0.550. The van der Waals surface area contributed by atoms with Gasteiger partial charge in [-0.3, -0.25) is 0 Å². The Kier molecular flexibility index (Phi) is 5.01. The van der Waals surface area contributed by atoms with Crippen molar-refractivity contribution >= 4 is 15.9 Å². The molecule has 0 spiro atoms. The highest BCUT2D eigenvalue weighted by Crippen LogP contribution is 2.36. The summed E-state index contributed by atoms with van der Waals surface area (Å²) in [5, 5.41) is 0. The number of alkyl halides is 3. The lowest BCUT2D eigenvalue weighted by Crippen LogP contribution is -2.13. The van der Waals surface area contributed by atoms with Crippen LogP contribution in [-0.4, -0.2) is 0 Å². The maximum Gasteiger partial charge on any atom is 0.417 e. The second kappa shape index (κ2) is 5.87. The number of unbranched alkanes of at least 4 members (excludes halogenated alkanes) is 1. The predicted octanol–water partition coefficient (Wildman–Crippen LogP) is 4.66. The fourth-order valence-corrected chi connectivity index (χ4v) is 2.05. The number of rotatable bonds is 4. The van der Waals surface area contributed by atoms with Crippen molar-refractivity contribution in [3.8, 4) is 0 Å². The van der Waals surface area contributed by atoms with Crippen molar-refractivity contribution in [3.05, 3.63) is 33.8 Å². The average molecular weight is 310 g/mol. The molecule has 17 heavy (non-hydrogen) atoms. The summed E-state index contributed by atoms with van der Waals surface area (Å²) in [5.41, 5.74) is 5.73. The van der Waals surface area contributed by atoms with E-state index in [0.29, 0.717) is 12.0 Å². The molecule has 0 amide bonds. The second-order valence-corrected chi connectivity index (χ2v) is 4.84. The Morgan fingerprint density at radius 3 is 2.53 bits per heavy atom. The van der Waals surface area contributed by atoms with Gasteiger partial charge in [-0.15, -0.1) is 0 Å². The highest BCUT2D eigenvalue weighted by molar-refractivity contribution is 9.10. The summed E-state index contributed by atoms with van der Waals surface area (Å²) in [4.78, 5) is 0. The summed E-state index contributed by atoms with van der Waals surface area (Å²) in [6.07, 6.45) is -1.75. The maximum atomic E-state index is 12.7. The summed E-state index contributed by atoms with van der Waals surface area (Å²) < 4.78 is 38.1. The number of benzene rings is 1. The van der Waals surface area contributed by atoms with E-state index in [9.17, 15) is 13.2 Å². The van der Waals surface area contributed by atoms with E-state index in [-0.39, 0.29) is 10.5 Å². The zero-order chi connectivity index (χ0) is 13.1. The molecule has 1 rings (SSSR count). The molecule has 0 bridgehead atoms. The van der Waals surface area contributed by atoms with Gasteiger partial charge in [0.05, 0.1) is 5.56 Å². The van der Waals surface area contributed by atoms with Gasteiger partial charge in [-0.05, 0) is 24.1 Å². The fraction of sp³-hybridized carbons (Fsp3) is 0.500. The summed E-state index contributed by atoms with van der Waals surface area (Å²) in [6, 6.07) is 3.85. The monoisotopic (exact) mass is 309 g/mol. The first-order valence-corrected chi connectivity index (χ1v) is 6.27. The van der Waals surface area contributed by atoms with Crippen LogP contribution in [0.4, 0.5) is 13.2 Å². The molecule has 0 aromatic heterocycles. The smallest absolute Gasteiger partial charge is 0.324 e. The Bertz CT molecular complexity index is 377.